The van der Waals surface area contributed by atoms with Gasteiger partial charge in [0.2, 0.25) is 0 Å². The molecule has 0 spiro atoms. The molecule has 2 aromatic rings. The number of aromatic nitrogens is 1. The summed E-state index contributed by atoms with van der Waals surface area (Å²) in [4.78, 5) is 14.6. The zero-order valence-electron chi connectivity index (χ0n) is 6.32. The van der Waals surface area contributed by atoms with Gasteiger partial charge in [-0.2, -0.15) is 0 Å². The van der Waals surface area contributed by atoms with Crippen LogP contribution in [0, 0.1) is 0 Å². The minimum absolute atomic E-state index is 0.282. The number of carboxylic acids is 1. The van der Waals surface area contributed by atoms with Crippen molar-refractivity contribution in [2.45, 2.75) is 0 Å². The highest BCUT2D eigenvalue weighted by atomic mass is 35.5. The van der Waals surface area contributed by atoms with Crippen LogP contribution in [0.15, 0.2) is 17.6 Å². The quantitative estimate of drug-likeness (QED) is 0.741. The lowest BCUT2D eigenvalue weighted by atomic mass is 10.2. The van der Waals surface area contributed by atoms with Crippen LogP contribution in [0.25, 0.3) is 10.1 Å². The summed E-state index contributed by atoms with van der Waals surface area (Å²) in [6.07, 6.45) is 1.50. The molecule has 0 fully saturated rings. The molecule has 0 unspecified atom stereocenters. The van der Waals surface area contributed by atoms with Crippen molar-refractivity contribution in [2.75, 3.05) is 0 Å². The Kier molecular flexibility index (Phi) is 1.94. The molecule has 0 aliphatic carbocycles. The maximum absolute atomic E-state index is 10.7. The fourth-order valence-electron chi connectivity index (χ4n) is 1.09. The highest BCUT2D eigenvalue weighted by molar-refractivity contribution is 7.18. The topological polar surface area (TPSA) is 50.2 Å². The van der Waals surface area contributed by atoms with Crippen molar-refractivity contribution in [3.05, 3.63) is 28.4 Å². The molecule has 0 aliphatic rings. The molecule has 0 saturated heterocycles. The average Bonchev–Trinajstić information content (AvgIpc) is 2.48. The molecule has 5 heteroatoms. The Morgan fingerprint density at radius 3 is 3.08 bits per heavy atom. The van der Waals surface area contributed by atoms with Crippen LogP contribution in [0.4, 0.5) is 0 Å². The summed E-state index contributed by atoms with van der Waals surface area (Å²) < 4.78 is 0.724. The minimum Gasteiger partial charge on any atom is -0.478 e. The standard InChI is InChI=1S/C8H4ClNO2S/c9-7-6-4(1-2-10-7)5(3-13-6)8(11)12/h1-3H,(H,11,12). The van der Waals surface area contributed by atoms with Crippen LogP contribution in [0.5, 0.6) is 0 Å². The first-order chi connectivity index (χ1) is 6.20. The molecule has 0 atom stereocenters. The third-order valence-corrected chi connectivity index (χ3v) is 3.08. The van der Waals surface area contributed by atoms with Gasteiger partial charge in [0.25, 0.3) is 0 Å². The molecule has 3 nitrogen and oxygen atoms in total. The zero-order valence-corrected chi connectivity index (χ0v) is 7.89. The van der Waals surface area contributed by atoms with E-state index in [9.17, 15) is 4.79 Å². The van der Waals surface area contributed by atoms with Crippen LogP contribution in [-0.2, 0) is 0 Å². The SMILES string of the molecule is O=C(O)c1csc2c(Cl)nccc12. The van der Waals surface area contributed by atoms with Crippen molar-refractivity contribution in [3.63, 3.8) is 0 Å². The summed E-state index contributed by atoms with van der Waals surface area (Å²) in [5.74, 6) is -0.937. The molecule has 2 heterocycles. The Balaban J connectivity index is 2.83. The molecule has 0 saturated carbocycles. The Hall–Kier alpha value is -1.13. The van der Waals surface area contributed by atoms with E-state index >= 15 is 0 Å². The molecule has 0 aromatic carbocycles. The number of aromatic carboxylic acids is 1. The largest absolute Gasteiger partial charge is 0.478 e. The second-order valence-corrected chi connectivity index (χ2v) is 3.67. The monoisotopic (exact) mass is 213 g/mol. The molecule has 66 valence electrons. The summed E-state index contributed by atoms with van der Waals surface area (Å²) >= 11 is 7.08. The molecule has 1 N–H and O–H groups in total. The van der Waals surface area contributed by atoms with Gasteiger partial charge in [-0.3, -0.25) is 0 Å². The summed E-state index contributed by atoms with van der Waals surface area (Å²) in [7, 11) is 0. The maximum atomic E-state index is 10.7. The van der Waals surface area contributed by atoms with Gasteiger partial charge in [0.15, 0.2) is 0 Å². The molecule has 0 radical (unpaired) electrons. The molecule has 13 heavy (non-hydrogen) atoms. The van der Waals surface area contributed by atoms with Gasteiger partial charge in [-0.15, -0.1) is 11.3 Å². The van der Waals surface area contributed by atoms with Gasteiger partial charge in [-0.05, 0) is 6.07 Å². The van der Waals surface area contributed by atoms with E-state index in [0.29, 0.717) is 10.5 Å². The third kappa shape index (κ3) is 1.28. The van der Waals surface area contributed by atoms with E-state index in [-0.39, 0.29) is 5.56 Å². The van der Waals surface area contributed by atoms with E-state index in [0.717, 1.165) is 4.70 Å². The third-order valence-electron chi connectivity index (χ3n) is 1.68. The van der Waals surface area contributed by atoms with E-state index in [1.165, 1.54) is 17.5 Å². The van der Waals surface area contributed by atoms with Crippen molar-refractivity contribution in [1.29, 1.82) is 0 Å². The molecule has 2 rings (SSSR count). The van der Waals surface area contributed by atoms with Crippen LogP contribution in [0.3, 0.4) is 0 Å². The molecular weight excluding hydrogens is 210 g/mol. The number of nitrogens with zero attached hydrogens (tertiary/aromatic N) is 1. The number of pyridine rings is 1. The zero-order chi connectivity index (χ0) is 9.42. The van der Waals surface area contributed by atoms with E-state index in [1.54, 1.807) is 11.4 Å². The highest BCUT2D eigenvalue weighted by Crippen LogP contribution is 2.30. The molecular formula is C8H4ClNO2S. The Morgan fingerprint density at radius 1 is 1.62 bits per heavy atom. The van der Waals surface area contributed by atoms with Crippen molar-refractivity contribution in [3.8, 4) is 0 Å². The van der Waals surface area contributed by atoms with Crippen LogP contribution >= 0.6 is 22.9 Å². The van der Waals surface area contributed by atoms with Crippen molar-refractivity contribution in [2.24, 2.45) is 0 Å². The van der Waals surface area contributed by atoms with Gasteiger partial charge in [-0.1, -0.05) is 11.6 Å². The second kappa shape index (κ2) is 2.97. The van der Waals surface area contributed by atoms with E-state index in [4.69, 9.17) is 16.7 Å². The Bertz CT molecular complexity index is 480. The lowest BCUT2D eigenvalue weighted by molar-refractivity contribution is 0.0699. The van der Waals surface area contributed by atoms with E-state index < -0.39 is 5.97 Å². The van der Waals surface area contributed by atoms with Crippen molar-refractivity contribution in [1.82, 2.24) is 4.98 Å². The molecule has 2 aromatic heterocycles. The van der Waals surface area contributed by atoms with Crippen LogP contribution < -0.4 is 0 Å². The summed E-state index contributed by atoms with van der Waals surface area (Å²) in [6, 6.07) is 1.65. The first-order valence-corrected chi connectivity index (χ1v) is 4.71. The summed E-state index contributed by atoms with van der Waals surface area (Å²) in [6.45, 7) is 0. The van der Waals surface area contributed by atoms with Gasteiger partial charge in [0.1, 0.15) is 5.15 Å². The van der Waals surface area contributed by atoms with Crippen LogP contribution in [0.2, 0.25) is 5.15 Å². The highest BCUT2D eigenvalue weighted by Gasteiger charge is 2.12. The number of fused-ring (bicyclic) bond motifs is 1. The number of hydrogen-bond donors (Lipinski definition) is 1. The predicted molar refractivity (Wildman–Crippen MR) is 51.6 cm³/mol. The minimum atomic E-state index is -0.937. The first kappa shape index (κ1) is 8.47. The van der Waals surface area contributed by atoms with Crippen molar-refractivity contribution < 1.29 is 9.90 Å². The van der Waals surface area contributed by atoms with Gasteiger partial charge in [-0.25, -0.2) is 9.78 Å². The second-order valence-electron chi connectivity index (χ2n) is 2.43. The summed E-state index contributed by atoms with van der Waals surface area (Å²) in [5, 5.41) is 11.4. The number of carboxylic acid groups (broad SMARTS) is 1. The predicted octanol–water partition coefficient (Wildman–Crippen LogP) is 2.65. The van der Waals surface area contributed by atoms with Crippen LogP contribution in [0.1, 0.15) is 10.4 Å². The normalized spacial score (nSPS) is 10.5. The Morgan fingerprint density at radius 2 is 2.38 bits per heavy atom. The number of carbonyl (C=O) groups is 1. The Labute approximate surface area is 82.6 Å². The number of rotatable bonds is 1. The van der Waals surface area contributed by atoms with Crippen LogP contribution in [-0.4, -0.2) is 16.1 Å². The number of hydrogen-bond acceptors (Lipinski definition) is 3. The smallest absolute Gasteiger partial charge is 0.337 e. The lowest BCUT2D eigenvalue weighted by Gasteiger charge is -1.92. The molecule has 0 amide bonds. The fraction of sp³-hybridized carbons (Fsp3) is 0. The lowest BCUT2D eigenvalue weighted by Crippen LogP contribution is -1.93. The van der Waals surface area contributed by atoms with Gasteiger partial charge in [0.05, 0.1) is 10.3 Å². The molecule has 0 aliphatic heterocycles. The van der Waals surface area contributed by atoms with E-state index in [1.807, 2.05) is 0 Å². The van der Waals surface area contributed by atoms with E-state index in [2.05, 4.69) is 4.98 Å². The number of thiophene rings is 1. The first-order valence-electron chi connectivity index (χ1n) is 3.45. The summed E-state index contributed by atoms with van der Waals surface area (Å²) in [5.41, 5.74) is 0.282. The van der Waals surface area contributed by atoms with Gasteiger partial charge in [0, 0.05) is 17.0 Å². The van der Waals surface area contributed by atoms with Gasteiger partial charge >= 0.3 is 5.97 Å². The molecule has 0 bridgehead atoms. The maximum Gasteiger partial charge on any atom is 0.337 e. The van der Waals surface area contributed by atoms with Gasteiger partial charge < -0.3 is 5.11 Å². The fourth-order valence-corrected chi connectivity index (χ4v) is 2.30. The van der Waals surface area contributed by atoms with Crippen molar-refractivity contribution >= 4 is 39.0 Å². The number of halogens is 1. The average molecular weight is 214 g/mol.